The Morgan fingerprint density at radius 3 is 2.71 bits per heavy atom. The zero-order valence-corrected chi connectivity index (χ0v) is 14.8. The van der Waals surface area contributed by atoms with Crippen molar-refractivity contribution in [1.29, 1.82) is 0 Å². The maximum atomic E-state index is 12.2. The summed E-state index contributed by atoms with van der Waals surface area (Å²) in [6.45, 7) is 1.91. The van der Waals surface area contributed by atoms with Crippen LogP contribution in [0.5, 0.6) is 0 Å². The molecule has 0 aromatic heterocycles. The van der Waals surface area contributed by atoms with E-state index in [0.29, 0.717) is 17.3 Å². The molecular formula is C17H24ClN3O3. The number of halogens is 1. The van der Waals surface area contributed by atoms with E-state index < -0.39 is 6.09 Å². The summed E-state index contributed by atoms with van der Waals surface area (Å²) in [5.41, 5.74) is 7.55. The Morgan fingerprint density at radius 2 is 2.08 bits per heavy atom. The lowest BCUT2D eigenvalue weighted by molar-refractivity contribution is -0.133. The summed E-state index contributed by atoms with van der Waals surface area (Å²) < 4.78 is 4.59. The quantitative estimate of drug-likeness (QED) is 0.870. The summed E-state index contributed by atoms with van der Waals surface area (Å²) in [7, 11) is 1.30. The number of ether oxygens (including phenoxy) is 1. The number of nitrogens with one attached hydrogen (secondary N) is 1. The predicted molar refractivity (Wildman–Crippen MR) is 93.9 cm³/mol. The third-order valence-electron chi connectivity index (χ3n) is 4.40. The van der Waals surface area contributed by atoms with Crippen LogP contribution in [0.2, 0.25) is 5.02 Å². The van der Waals surface area contributed by atoms with Crippen LogP contribution in [0.4, 0.5) is 10.5 Å². The molecule has 1 aromatic rings. The molecule has 3 N–H and O–H groups in total. The Balaban J connectivity index is 2.20. The predicted octanol–water partition coefficient (Wildman–Crippen LogP) is 3.14. The van der Waals surface area contributed by atoms with Gasteiger partial charge in [0.2, 0.25) is 5.91 Å². The second kappa shape index (κ2) is 8.35. The molecule has 132 valence electrons. The van der Waals surface area contributed by atoms with Crippen LogP contribution >= 0.6 is 11.6 Å². The number of carbonyl (C=O) groups is 2. The Morgan fingerprint density at radius 1 is 1.38 bits per heavy atom. The molecule has 2 rings (SSSR count). The molecule has 0 heterocycles. The van der Waals surface area contributed by atoms with E-state index in [1.165, 1.54) is 7.11 Å². The van der Waals surface area contributed by atoms with Crippen molar-refractivity contribution < 1.29 is 14.3 Å². The summed E-state index contributed by atoms with van der Waals surface area (Å²) in [5, 5.41) is 3.14. The zero-order chi connectivity index (χ0) is 17.7. The molecule has 1 aliphatic rings. The van der Waals surface area contributed by atoms with E-state index in [2.05, 4.69) is 10.1 Å². The van der Waals surface area contributed by atoms with Gasteiger partial charge < -0.3 is 15.4 Å². The minimum atomic E-state index is -0.555. The van der Waals surface area contributed by atoms with Crippen molar-refractivity contribution in [1.82, 2.24) is 4.90 Å². The fraction of sp³-hybridized carbons (Fsp3) is 0.529. The van der Waals surface area contributed by atoms with Crippen LogP contribution in [0.15, 0.2) is 18.2 Å². The average molecular weight is 354 g/mol. The normalized spacial score (nSPS) is 20.3. The first-order chi connectivity index (χ1) is 11.4. The number of anilines is 1. The molecule has 0 radical (unpaired) electrons. The van der Waals surface area contributed by atoms with Crippen LogP contribution in [0.25, 0.3) is 0 Å². The van der Waals surface area contributed by atoms with Gasteiger partial charge in [0.1, 0.15) is 0 Å². The molecule has 0 aliphatic heterocycles. The number of nitrogens with two attached hydrogens (primary N) is 1. The lowest BCUT2D eigenvalue weighted by atomic mass is 9.89. The van der Waals surface area contributed by atoms with Gasteiger partial charge in [0.25, 0.3) is 0 Å². The van der Waals surface area contributed by atoms with Crippen LogP contribution in [0.3, 0.4) is 0 Å². The number of benzene rings is 1. The lowest BCUT2D eigenvalue weighted by Gasteiger charge is -2.38. The van der Waals surface area contributed by atoms with Crippen molar-refractivity contribution in [2.75, 3.05) is 12.4 Å². The lowest BCUT2D eigenvalue weighted by Crippen LogP contribution is -2.51. The van der Waals surface area contributed by atoms with Gasteiger partial charge in [-0.2, -0.15) is 0 Å². The molecule has 2 amide bonds. The van der Waals surface area contributed by atoms with Crippen molar-refractivity contribution in [2.24, 2.45) is 5.73 Å². The molecular weight excluding hydrogens is 330 g/mol. The molecule has 0 bridgehead atoms. The second-order valence-corrected chi connectivity index (χ2v) is 6.49. The smallest absolute Gasteiger partial charge is 0.411 e. The third-order valence-corrected chi connectivity index (χ3v) is 4.77. The van der Waals surface area contributed by atoms with E-state index in [9.17, 15) is 9.59 Å². The first-order valence-electron chi connectivity index (χ1n) is 8.08. The van der Waals surface area contributed by atoms with E-state index >= 15 is 0 Å². The van der Waals surface area contributed by atoms with Crippen molar-refractivity contribution in [3.8, 4) is 0 Å². The number of hydrogen-bond acceptors (Lipinski definition) is 4. The highest BCUT2D eigenvalue weighted by Crippen LogP contribution is 2.27. The number of amides is 2. The van der Waals surface area contributed by atoms with E-state index in [4.69, 9.17) is 17.3 Å². The standard InChI is InChI=1S/C17H24ClN3O3/c1-11(22)21(16-6-4-3-5-15(16)19)10-12-9-13(7-8-14(12)18)20-17(23)24-2/h7-9,15-16H,3-6,10,19H2,1-2H3,(H,20,23). The van der Waals surface area contributed by atoms with Crippen LogP contribution in [0, 0.1) is 0 Å². The SMILES string of the molecule is COC(=O)Nc1ccc(Cl)c(CN(C(C)=O)C2CCCCC2N)c1. The highest BCUT2D eigenvalue weighted by atomic mass is 35.5. The average Bonchev–Trinajstić information content (AvgIpc) is 2.55. The van der Waals surface area contributed by atoms with Gasteiger partial charge in [-0.1, -0.05) is 24.4 Å². The molecule has 1 aromatic carbocycles. The first-order valence-corrected chi connectivity index (χ1v) is 8.46. The van der Waals surface area contributed by atoms with Gasteiger partial charge in [0.05, 0.1) is 7.11 Å². The molecule has 7 heteroatoms. The van der Waals surface area contributed by atoms with Gasteiger partial charge in [0.15, 0.2) is 0 Å². The third kappa shape index (κ3) is 4.61. The topological polar surface area (TPSA) is 84.7 Å². The summed E-state index contributed by atoms with van der Waals surface area (Å²) in [5.74, 6) is -0.0280. The maximum Gasteiger partial charge on any atom is 0.411 e. The highest BCUT2D eigenvalue weighted by molar-refractivity contribution is 6.31. The first kappa shape index (κ1) is 18.5. The monoisotopic (exact) mass is 353 g/mol. The van der Waals surface area contributed by atoms with Crippen LogP contribution < -0.4 is 11.1 Å². The molecule has 6 nitrogen and oxygen atoms in total. The van der Waals surface area contributed by atoms with E-state index in [1.807, 2.05) is 0 Å². The van der Waals surface area contributed by atoms with Gasteiger partial charge >= 0.3 is 6.09 Å². The van der Waals surface area contributed by atoms with Gasteiger partial charge in [-0.15, -0.1) is 0 Å². The summed E-state index contributed by atoms with van der Waals surface area (Å²) >= 11 is 6.28. The fourth-order valence-corrected chi connectivity index (χ4v) is 3.29. The summed E-state index contributed by atoms with van der Waals surface area (Å²) in [4.78, 5) is 25.3. The van der Waals surface area contributed by atoms with Gasteiger partial charge in [-0.25, -0.2) is 4.79 Å². The molecule has 24 heavy (non-hydrogen) atoms. The number of hydrogen-bond donors (Lipinski definition) is 2. The van der Waals surface area contributed by atoms with Crippen molar-refractivity contribution in [3.63, 3.8) is 0 Å². The number of nitrogens with zero attached hydrogens (tertiary/aromatic N) is 1. The Kier molecular flexibility index (Phi) is 6.45. The van der Waals surface area contributed by atoms with Gasteiger partial charge in [-0.3, -0.25) is 10.1 Å². The molecule has 1 saturated carbocycles. The largest absolute Gasteiger partial charge is 0.453 e. The molecule has 1 aliphatic carbocycles. The van der Waals surface area contributed by atoms with Crippen LogP contribution in [-0.2, 0) is 16.1 Å². The summed E-state index contributed by atoms with van der Waals surface area (Å²) in [6.07, 6.45) is 3.44. The summed E-state index contributed by atoms with van der Waals surface area (Å²) in [6, 6.07) is 5.14. The maximum absolute atomic E-state index is 12.2. The molecule has 0 spiro atoms. The van der Waals surface area contributed by atoms with E-state index in [1.54, 1.807) is 30.0 Å². The number of rotatable bonds is 4. The molecule has 2 unspecified atom stereocenters. The zero-order valence-electron chi connectivity index (χ0n) is 14.0. The van der Waals surface area contributed by atoms with Gasteiger partial charge in [0, 0.05) is 36.3 Å². The number of methoxy groups -OCH3 is 1. The minimum Gasteiger partial charge on any atom is -0.453 e. The Labute approximate surface area is 147 Å². The fourth-order valence-electron chi connectivity index (χ4n) is 3.12. The minimum absolute atomic E-state index is 0.0159. The molecule has 2 atom stereocenters. The van der Waals surface area contributed by atoms with Crippen molar-refractivity contribution in [3.05, 3.63) is 28.8 Å². The van der Waals surface area contributed by atoms with Crippen LogP contribution in [0.1, 0.15) is 38.2 Å². The Bertz CT molecular complexity index is 609. The van der Waals surface area contributed by atoms with E-state index in [-0.39, 0.29) is 18.0 Å². The second-order valence-electron chi connectivity index (χ2n) is 6.09. The molecule has 0 saturated heterocycles. The molecule has 1 fully saturated rings. The Hall–Kier alpha value is -1.79. The number of carbonyl (C=O) groups excluding carboxylic acids is 2. The van der Waals surface area contributed by atoms with Crippen molar-refractivity contribution >= 4 is 29.3 Å². The van der Waals surface area contributed by atoms with Gasteiger partial charge in [-0.05, 0) is 36.6 Å². The van der Waals surface area contributed by atoms with E-state index in [0.717, 1.165) is 31.2 Å². The van der Waals surface area contributed by atoms with Crippen LogP contribution in [-0.4, -0.2) is 36.1 Å². The highest BCUT2D eigenvalue weighted by Gasteiger charge is 2.29. The van der Waals surface area contributed by atoms with Crippen molar-refractivity contribution in [2.45, 2.75) is 51.2 Å².